The normalized spacial score (nSPS) is 19.5. The Bertz CT molecular complexity index is 656. The Morgan fingerprint density at radius 3 is 3.00 bits per heavy atom. The summed E-state index contributed by atoms with van der Waals surface area (Å²) in [6, 6.07) is 0. The molecule has 3 rings (SSSR count). The number of hydrogen-bond donors (Lipinski definition) is 3. The fraction of sp³-hybridized carbons (Fsp3) is 0.571. The van der Waals surface area contributed by atoms with Gasteiger partial charge in [0, 0.05) is 13.0 Å². The highest BCUT2D eigenvalue weighted by Crippen LogP contribution is 2.36. The number of fused-ring (bicyclic) bond motifs is 3. The van der Waals surface area contributed by atoms with Crippen LogP contribution in [-0.4, -0.2) is 47.6 Å². The minimum atomic E-state index is -0.391. The number of likely N-dealkylation sites (N-methyl/N-ethyl adjacent to an activating group) is 1. The van der Waals surface area contributed by atoms with Gasteiger partial charge >= 0.3 is 0 Å². The molecular formula is C14H21N4OS2+. The molecular weight excluding hydrogens is 304 g/mol. The SMILES string of the molecule is CSc1nc(NC[C@H](C)O)c2c3c(sc2n1)C[NH+](C)CC3. The predicted molar refractivity (Wildman–Crippen MR) is 88.5 cm³/mol. The Balaban J connectivity index is 2.10. The van der Waals surface area contributed by atoms with Crippen LogP contribution in [0.25, 0.3) is 10.2 Å². The van der Waals surface area contributed by atoms with E-state index < -0.39 is 6.10 Å². The van der Waals surface area contributed by atoms with Crippen LogP contribution in [0.4, 0.5) is 5.82 Å². The third-order valence-electron chi connectivity index (χ3n) is 3.73. The molecule has 2 aromatic rings. The van der Waals surface area contributed by atoms with Crippen LogP contribution in [0.5, 0.6) is 0 Å². The van der Waals surface area contributed by atoms with Crippen LogP contribution in [0, 0.1) is 0 Å². The molecule has 3 heterocycles. The largest absolute Gasteiger partial charge is 0.392 e. The average molecular weight is 325 g/mol. The van der Waals surface area contributed by atoms with Crippen molar-refractivity contribution >= 4 is 39.1 Å². The summed E-state index contributed by atoms with van der Waals surface area (Å²) < 4.78 is 0. The van der Waals surface area contributed by atoms with E-state index in [1.54, 1.807) is 34.9 Å². The first-order valence-electron chi connectivity index (χ1n) is 7.18. The van der Waals surface area contributed by atoms with Crippen LogP contribution in [0.15, 0.2) is 5.16 Å². The molecule has 0 bridgehead atoms. The second-order valence-corrected chi connectivity index (χ2v) is 7.46. The van der Waals surface area contributed by atoms with Crippen molar-refractivity contribution in [2.45, 2.75) is 31.1 Å². The maximum atomic E-state index is 9.52. The zero-order valence-corrected chi connectivity index (χ0v) is 14.2. The van der Waals surface area contributed by atoms with Gasteiger partial charge in [0.25, 0.3) is 0 Å². The van der Waals surface area contributed by atoms with Crippen molar-refractivity contribution in [1.29, 1.82) is 0 Å². The van der Waals surface area contributed by atoms with Crippen LogP contribution in [0.2, 0.25) is 0 Å². The summed E-state index contributed by atoms with van der Waals surface area (Å²) in [6.07, 6.45) is 2.68. The number of rotatable bonds is 4. The lowest BCUT2D eigenvalue weighted by molar-refractivity contribution is -0.895. The fourth-order valence-corrected chi connectivity index (χ4v) is 4.41. The molecule has 0 aromatic carbocycles. The minimum absolute atomic E-state index is 0.391. The van der Waals surface area contributed by atoms with Crippen LogP contribution < -0.4 is 10.2 Å². The Kier molecular flexibility index (Phi) is 4.35. The van der Waals surface area contributed by atoms with E-state index in [4.69, 9.17) is 0 Å². The molecule has 2 atom stereocenters. The van der Waals surface area contributed by atoms with Gasteiger partial charge in [0.15, 0.2) is 5.16 Å². The van der Waals surface area contributed by atoms with Gasteiger partial charge < -0.3 is 15.3 Å². The van der Waals surface area contributed by atoms with Crippen molar-refractivity contribution < 1.29 is 10.0 Å². The van der Waals surface area contributed by atoms with E-state index in [2.05, 4.69) is 22.3 Å². The van der Waals surface area contributed by atoms with Crippen LogP contribution in [0.3, 0.4) is 0 Å². The van der Waals surface area contributed by atoms with Crippen LogP contribution in [0.1, 0.15) is 17.4 Å². The Morgan fingerprint density at radius 2 is 2.29 bits per heavy atom. The number of anilines is 1. The minimum Gasteiger partial charge on any atom is -0.392 e. The van der Waals surface area contributed by atoms with Gasteiger partial charge in [0.2, 0.25) is 0 Å². The van der Waals surface area contributed by atoms with Crippen LogP contribution in [-0.2, 0) is 13.0 Å². The van der Waals surface area contributed by atoms with Crippen molar-refractivity contribution in [3.63, 3.8) is 0 Å². The van der Waals surface area contributed by atoms with Gasteiger partial charge in [-0.25, -0.2) is 9.97 Å². The maximum absolute atomic E-state index is 9.52. The molecule has 0 fully saturated rings. The molecule has 5 nitrogen and oxygen atoms in total. The fourth-order valence-electron chi connectivity index (χ4n) is 2.66. The number of thiophene rings is 1. The molecule has 1 aliphatic heterocycles. The first-order valence-corrected chi connectivity index (χ1v) is 9.22. The first kappa shape index (κ1) is 15.0. The van der Waals surface area contributed by atoms with Crippen molar-refractivity contribution in [1.82, 2.24) is 9.97 Å². The second-order valence-electron chi connectivity index (χ2n) is 5.61. The number of aromatic nitrogens is 2. The predicted octanol–water partition coefficient (Wildman–Crippen LogP) is 0.777. The molecule has 114 valence electrons. The Labute approximate surface area is 132 Å². The zero-order chi connectivity index (χ0) is 15.0. The standard InChI is InChI=1S/C14H20N4OS2/c1-8(19)6-15-12-11-9-4-5-18(2)7-10(9)21-13(11)17-14(16-12)20-3/h8,19H,4-7H2,1-3H3,(H,15,16,17)/p+1/t8-/m0/s1. The highest BCUT2D eigenvalue weighted by Gasteiger charge is 2.25. The topological polar surface area (TPSA) is 62.5 Å². The Hall–Kier alpha value is -0.890. The average Bonchev–Trinajstić information content (AvgIpc) is 2.81. The van der Waals surface area contributed by atoms with Gasteiger partial charge in [-0.3, -0.25) is 0 Å². The first-order chi connectivity index (χ1) is 10.1. The molecule has 0 saturated carbocycles. The van der Waals surface area contributed by atoms with Gasteiger partial charge in [-0.05, 0) is 18.7 Å². The lowest BCUT2D eigenvalue weighted by Crippen LogP contribution is -3.08. The van der Waals surface area contributed by atoms with Crippen molar-refractivity contribution in [2.24, 2.45) is 0 Å². The van der Waals surface area contributed by atoms with Crippen molar-refractivity contribution in [3.8, 4) is 0 Å². The number of aliphatic hydroxyl groups excluding tert-OH is 1. The van der Waals surface area contributed by atoms with Gasteiger partial charge in [0.05, 0.1) is 30.0 Å². The molecule has 0 spiro atoms. The summed E-state index contributed by atoms with van der Waals surface area (Å²) in [5.74, 6) is 0.877. The highest BCUT2D eigenvalue weighted by molar-refractivity contribution is 7.98. The number of nitrogens with zero attached hydrogens (tertiary/aromatic N) is 2. The van der Waals surface area contributed by atoms with E-state index >= 15 is 0 Å². The molecule has 7 heteroatoms. The van der Waals surface area contributed by atoms with Gasteiger partial charge in [-0.2, -0.15) is 0 Å². The van der Waals surface area contributed by atoms with Crippen molar-refractivity contribution in [3.05, 3.63) is 10.4 Å². The van der Waals surface area contributed by atoms with Gasteiger partial charge in [-0.1, -0.05) is 11.8 Å². The van der Waals surface area contributed by atoms with E-state index in [0.717, 1.165) is 35.3 Å². The van der Waals surface area contributed by atoms with Crippen molar-refractivity contribution in [2.75, 3.05) is 31.7 Å². The van der Waals surface area contributed by atoms with Crippen LogP contribution >= 0.6 is 23.1 Å². The smallest absolute Gasteiger partial charge is 0.190 e. The van der Waals surface area contributed by atoms with Gasteiger partial charge in [-0.15, -0.1) is 11.3 Å². The third kappa shape index (κ3) is 3.01. The quantitative estimate of drug-likeness (QED) is 0.573. The van der Waals surface area contributed by atoms with E-state index in [1.807, 2.05) is 6.26 Å². The summed E-state index contributed by atoms with van der Waals surface area (Å²) in [5, 5.41) is 14.8. The summed E-state index contributed by atoms with van der Waals surface area (Å²) in [6.45, 7) is 4.51. The van der Waals surface area contributed by atoms with Gasteiger partial charge in [0.1, 0.15) is 17.2 Å². The Morgan fingerprint density at radius 1 is 1.48 bits per heavy atom. The molecule has 1 unspecified atom stereocenters. The molecule has 2 aromatic heterocycles. The van der Waals surface area contributed by atoms with E-state index in [1.165, 1.54) is 15.8 Å². The highest BCUT2D eigenvalue weighted by atomic mass is 32.2. The number of aliphatic hydroxyl groups is 1. The number of hydrogen-bond acceptors (Lipinski definition) is 6. The third-order valence-corrected chi connectivity index (χ3v) is 5.40. The number of nitrogens with one attached hydrogen (secondary N) is 2. The molecule has 0 aliphatic carbocycles. The van der Waals surface area contributed by atoms with E-state index in [9.17, 15) is 5.11 Å². The van der Waals surface area contributed by atoms with E-state index in [-0.39, 0.29) is 0 Å². The summed E-state index contributed by atoms with van der Waals surface area (Å²) >= 11 is 3.35. The molecule has 0 saturated heterocycles. The number of thioether (sulfide) groups is 1. The summed E-state index contributed by atoms with van der Waals surface area (Å²) in [5.41, 5.74) is 1.40. The zero-order valence-electron chi connectivity index (χ0n) is 12.6. The summed E-state index contributed by atoms with van der Waals surface area (Å²) in [4.78, 5) is 13.3. The molecule has 21 heavy (non-hydrogen) atoms. The molecule has 3 N–H and O–H groups in total. The summed E-state index contributed by atoms with van der Waals surface area (Å²) in [7, 11) is 2.24. The lowest BCUT2D eigenvalue weighted by Gasteiger charge is -2.19. The maximum Gasteiger partial charge on any atom is 0.190 e. The molecule has 0 amide bonds. The molecule has 1 aliphatic rings. The lowest BCUT2D eigenvalue weighted by atomic mass is 10.1. The van der Waals surface area contributed by atoms with E-state index in [0.29, 0.717) is 6.54 Å². The monoisotopic (exact) mass is 325 g/mol. The number of quaternary nitrogens is 1. The second kappa shape index (κ2) is 6.08. The molecule has 0 radical (unpaired) electrons.